The van der Waals surface area contributed by atoms with Crippen LogP contribution >= 0.6 is 31.9 Å². The predicted octanol–water partition coefficient (Wildman–Crippen LogP) is 5.24. The van der Waals surface area contributed by atoms with E-state index in [0.29, 0.717) is 22.4 Å². The molecule has 4 rings (SSSR count). The highest BCUT2D eigenvalue weighted by atomic mass is 79.9. The quantitative estimate of drug-likeness (QED) is 0.232. The molecule has 1 saturated heterocycles. The van der Waals surface area contributed by atoms with Gasteiger partial charge in [-0.05, 0) is 81.7 Å². The Hall–Kier alpha value is -3.76. The number of anilines is 1. The minimum atomic E-state index is -0.883. The van der Waals surface area contributed by atoms with Crippen LogP contribution in [0.3, 0.4) is 0 Å². The minimum Gasteiger partial charge on any atom is -0.488 e. The standard InChI is InChI=1S/C26H18Br2N2O6/c1-35-25(33)17-5-9-19(10-6-17)30-24(32)20(23(31)29-26(30)34)12-16-4-11-22(21(28)13-16)36-14-15-2-7-18(27)8-3-15/h2-13H,14H2,1H3,(H,29,31,34)/b20-12+. The van der Waals surface area contributed by atoms with Crippen molar-refractivity contribution < 1.29 is 28.7 Å². The highest BCUT2D eigenvalue weighted by molar-refractivity contribution is 9.10. The molecule has 0 unspecified atom stereocenters. The summed E-state index contributed by atoms with van der Waals surface area (Å²) in [5, 5.41) is 2.17. The monoisotopic (exact) mass is 612 g/mol. The molecule has 0 aliphatic carbocycles. The highest BCUT2D eigenvalue weighted by Crippen LogP contribution is 2.29. The summed E-state index contributed by atoms with van der Waals surface area (Å²) in [5.74, 6) is -1.57. The van der Waals surface area contributed by atoms with Crippen LogP contribution < -0.4 is 15.0 Å². The Morgan fingerprint density at radius 3 is 2.31 bits per heavy atom. The van der Waals surface area contributed by atoms with Gasteiger partial charge in [0.2, 0.25) is 0 Å². The molecule has 1 fully saturated rings. The molecular formula is C26H18Br2N2O6. The van der Waals surface area contributed by atoms with Crippen molar-refractivity contribution in [3.05, 3.63) is 97.9 Å². The van der Waals surface area contributed by atoms with E-state index in [1.165, 1.54) is 37.5 Å². The number of halogens is 2. The normalized spacial score (nSPS) is 14.6. The Kier molecular flexibility index (Phi) is 7.66. The Morgan fingerprint density at radius 2 is 1.67 bits per heavy atom. The molecule has 3 aromatic carbocycles. The first-order chi connectivity index (χ1) is 17.3. The van der Waals surface area contributed by atoms with Crippen molar-refractivity contribution in [2.24, 2.45) is 0 Å². The molecule has 0 bridgehead atoms. The highest BCUT2D eigenvalue weighted by Gasteiger charge is 2.36. The third-order valence-electron chi connectivity index (χ3n) is 5.22. The number of carbonyl (C=O) groups excluding carboxylic acids is 4. The summed E-state index contributed by atoms with van der Waals surface area (Å²) >= 11 is 6.86. The SMILES string of the molecule is COC(=O)c1ccc(N2C(=O)NC(=O)/C(=C\c3ccc(OCc4ccc(Br)cc4)c(Br)c3)C2=O)cc1. The Morgan fingerprint density at radius 1 is 0.972 bits per heavy atom. The zero-order valence-electron chi connectivity index (χ0n) is 18.8. The molecule has 1 aliphatic heterocycles. The summed E-state index contributed by atoms with van der Waals surface area (Å²) in [6.07, 6.45) is 1.39. The molecule has 8 nitrogen and oxygen atoms in total. The Balaban J connectivity index is 1.54. The largest absolute Gasteiger partial charge is 0.488 e. The molecule has 0 radical (unpaired) electrons. The van der Waals surface area contributed by atoms with Crippen molar-refractivity contribution in [3.8, 4) is 5.75 Å². The first-order valence-electron chi connectivity index (χ1n) is 10.5. The number of nitrogens with one attached hydrogen (secondary N) is 1. The number of imide groups is 2. The second-order valence-corrected chi connectivity index (χ2v) is 9.37. The van der Waals surface area contributed by atoms with Gasteiger partial charge in [0.15, 0.2) is 0 Å². The lowest BCUT2D eigenvalue weighted by molar-refractivity contribution is -0.122. The van der Waals surface area contributed by atoms with E-state index in [4.69, 9.17) is 4.74 Å². The molecule has 1 aliphatic rings. The van der Waals surface area contributed by atoms with Gasteiger partial charge in [0.05, 0.1) is 22.8 Å². The fourth-order valence-electron chi connectivity index (χ4n) is 3.39. The van der Waals surface area contributed by atoms with Gasteiger partial charge >= 0.3 is 12.0 Å². The van der Waals surface area contributed by atoms with Gasteiger partial charge < -0.3 is 9.47 Å². The third-order valence-corrected chi connectivity index (χ3v) is 6.37. The van der Waals surface area contributed by atoms with E-state index >= 15 is 0 Å². The maximum Gasteiger partial charge on any atom is 0.337 e. The molecule has 10 heteroatoms. The van der Waals surface area contributed by atoms with Crippen LogP contribution in [0.5, 0.6) is 5.75 Å². The van der Waals surface area contributed by atoms with Crippen LogP contribution in [-0.2, 0) is 20.9 Å². The number of urea groups is 1. The van der Waals surface area contributed by atoms with E-state index in [1.807, 2.05) is 24.3 Å². The molecular weight excluding hydrogens is 596 g/mol. The minimum absolute atomic E-state index is 0.196. The molecule has 0 atom stereocenters. The number of ether oxygens (including phenoxy) is 2. The van der Waals surface area contributed by atoms with Crippen molar-refractivity contribution in [2.45, 2.75) is 6.61 Å². The topological polar surface area (TPSA) is 102 Å². The van der Waals surface area contributed by atoms with Crippen molar-refractivity contribution in [2.75, 3.05) is 12.0 Å². The van der Waals surface area contributed by atoms with Gasteiger partial charge in [0.1, 0.15) is 17.9 Å². The Bertz CT molecular complexity index is 1380. The Labute approximate surface area is 223 Å². The summed E-state index contributed by atoms with van der Waals surface area (Å²) in [5.41, 5.74) is 1.77. The fraction of sp³-hybridized carbons (Fsp3) is 0.0769. The summed E-state index contributed by atoms with van der Waals surface area (Å²) in [6, 6.07) is 17.7. The number of rotatable bonds is 6. The van der Waals surface area contributed by atoms with Gasteiger partial charge in [0.25, 0.3) is 11.8 Å². The van der Waals surface area contributed by atoms with Gasteiger partial charge in [-0.25, -0.2) is 14.5 Å². The second-order valence-electron chi connectivity index (χ2n) is 7.60. The molecule has 1 heterocycles. The van der Waals surface area contributed by atoms with Gasteiger partial charge in [-0.3, -0.25) is 14.9 Å². The van der Waals surface area contributed by atoms with Gasteiger partial charge in [0, 0.05) is 4.47 Å². The van der Waals surface area contributed by atoms with Gasteiger partial charge in [-0.1, -0.05) is 34.1 Å². The van der Waals surface area contributed by atoms with Crippen LogP contribution in [0.1, 0.15) is 21.5 Å². The lowest BCUT2D eigenvalue weighted by Crippen LogP contribution is -2.54. The van der Waals surface area contributed by atoms with Gasteiger partial charge in [-0.2, -0.15) is 0 Å². The number of hydrogen-bond donors (Lipinski definition) is 1. The summed E-state index contributed by atoms with van der Waals surface area (Å²) in [7, 11) is 1.25. The molecule has 0 saturated carbocycles. The summed E-state index contributed by atoms with van der Waals surface area (Å²) < 4.78 is 12.1. The average molecular weight is 614 g/mol. The van der Waals surface area contributed by atoms with Crippen molar-refractivity contribution >= 4 is 67.4 Å². The average Bonchev–Trinajstić information content (AvgIpc) is 2.87. The van der Waals surface area contributed by atoms with Gasteiger partial charge in [-0.15, -0.1) is 0 Å². The van der Waals surface area contributed by atoms with E-state index < -0.39 is 23.8 Å². The second kappa shape index (κ2) is 10.9. The summed E-state index contributed by atoms with van der Waals surface area (Å²) in [4.78, 5) is 50.5. The van der Waals surface area contributed by atoms with Crippen LogP contribution in [0, 0.1) is 0 Å². The van der Waals surface area contributed by atoms with Crippen LogP contribution in [0.2, 0.25) is 0 Å². The van der Waals surface area contributed by atoms with Crippen molar-refractivity contribution in [3.63, 3.8) is 0 Å². The molecule has 3 aromatic rings. The van der Waals surface area contributed by atoms with Crippen LogP contribution in [0.25, 0.3) is 6.08 Å². The first-order valence-corrected chi connectivity index (χ1v) is 12.1. The zero-order valence-corrected chi connectivity index (χ0v) is 22.0. The number of carbonyl (C=O) groups is 4. The van der Waals surface area contributed by atoms with E-state index in [2.05, 4.69) is 41.9 Å². The third kappa shape index (κ3) is 5.55. The van der Waals surface area contributed by atoms with Crippen molar-refractivity contribution in [1.29, 1.82) is 0 Å². The number of barbiturate groups is 1. The summed E-state index contributed by atoms with van der Waals surface area (Å²) in [6.45, 7) is 0.360. The number of benzene rings is 3. The smallest absolute Gasteiger partial charge is 0.337 e. The van der Waals surface area contributed by atoms with E-state index in [0.717, 1.165) is 14.9 Å². The zero-order chi connectivity index (χ0) is 25.8. The first kappa shape index (κ1) is 25.3. The van der Waals surface area contributed by atoms with E-state index in [9.17, 15) is 19.2 Å². The molecule has 0 spiro atoms. The maximum atomic E-state index is 13.1. The molecule has 36 heavy (non-hydrogen) atoms. The molecule has 182 valence electrons. The predicted molar refractivity (Wildman–Crippen MR) is 139 cm³/mol. The molecule has 0 aromatic heterocycles. The maximum absolute atomic E-state index is 13.1. The molecule has 4 amide bonds. The lowest BCUT2D eigenvalue weighted by atomic mass is 10.1. The lowest BCUT2D eigenvalue weighted by Gasteiger charge is -2.26. The number of amides is 4. The van der Waals surface area contributed by atoms with Crippen LogP contribution in [0.15, 0.2) is 81.2 Å². The molecule has 1 N–H and O–H groups in total. The number of nitrogens with zero attached hydrogens (tertiary/aromatic N) is 1. The number of hydrogen-bond acceptors (Lipinski definition) is 6. The van der Waals surface area contributed by atoms with E-state index in [1.54, 1.807) is 18.2 Å². The fourth-order valence-corrected chi connectivity index (χ4v) is 4.16. The number of esters is 1. The number of methoxy groups -OCH3 is 1. The van der Waals surface area contributed by atoms with E-state index in [-0.39, 0.29) is 16.8 Å². The van der Waals surface area contributed by atoms with Crippen molar-refractivity contribution in [1.82, 2.24) is 5.32 Å². The van der Waals surface area contributed by atoms with Crippen LogP contribution in [-0.4, -0.2) is 30.9 Å². The van der Waals surface area contributed by atoms with Crippen LogP contribution in [0.4, 0.5) is 10.5 Å².